The summed E-state index contributed by atoms with van der Waals surface area (Å²) in [5.41, 5.74) is 1.13. The average molecular weight is 526 g/mol. The van der Waals surface area contributed by atoms with Gasteiger partial charge in [-0.3, -0.25) is 9.36 Å². The van der Waals surface area contributed by atoms with Gasteiger partial charge >= 0.3 is 5.76 Å². The van der Waals surface area contributed by atoms with Gasteiger partial charge < -0.3 is 13.8 Å². The lowest BCUT2D eigenvalue weighted by Gasteiger charge is -2.37. The van der Waals surface area contributed by atoms with Crippen LogP contribution < -0.4 is 5.76 Å². The van der Waals surface area contributed by atoms with Crippen molar-refractivity contribution in [2.24, 2.45) is 7.05 Å². The highest BCUT2D eigenvalue weighted by Crippen LogP contribution is 2.34. The zero-order valence-electron chi connectivity index (χ0n) is 20.7. The quantitative estimate of drug-likeness (QED) is 0.375. The Bertz CT molecular complexity index is 1610. The van der Waals surface area contributed by atoms with Crippen LogP contribution in [0.2, 0.25) is 0 Å². The van der Waals surface area contributed by atoms with Crippen molar-refractivity contribution in [3.63, 3.8) is 0 Å². The zero-order chi connectivity index (χ0) is 26.4. The highest BCUT2D eigenvalue weighted by atomic mass is 32.2. The Morgan fingerprint density at radius 2 is 1.84 bits per heavy atom. The molecule has 0 aliphatic carbocycles. The Morgan fingerprint density at radius 1 is 1.14 bits per heavy atom. The minimum Gasteiger partial charge on any atom is -0.408 e. The fourth-order valence-corrected chi connectivity index (χ4v) is 5.61. The van der Waals surface area contributed by atoms with Gasteiger partial charge in [-0.15, -0.1) is 0 Å². The van der Waals surface area contributed by atoms with Gasteiger partial charge in [-0.05, 0) is 37.1 Å². The molecule has 0 spiro atoms. The average Bonchev–Trinajstić information content (AvgIpc) is 3.50. The number of amides is 1. The molecular weight excluding hydrogens is 498 g/mol. The van der Waals surface area contributed by atoms with Crippen LogP contribution in [0.5, 0.6) is 0 Å². The van der Waals surface area contributed by atoms with Crippen molar-refractivity contribution in [2.45, 2.75) is 30.1 Å². The summed E-state index contributed by atoms with van der Waals surface area (Å²) in [4.78, 5) is 30.9. The predicted molar refractivity (Wildman–Crippen MR) is 134 cm³/mol. The second kappa shape index (κ2) is 9.27. The highest BCUT2D eigenvalue weighted by molar-refractivity contribution is 7.89. The lowest BCUT2D eigenvalue weighted by Crippen LogP contribution is -2.48. The van der Waals surface area contributed by atoms with Crippen molar-refractivity contribution >= 4 is 27.0 Å². The van der Waals surface area contributed by atoms with Gasteiger partial charge in [0.15, 0.2) is 11.4 Å². The Balaban J connectivity index is 1.23. The van der Waals surface area contributed by atoms with E-state index in [4.69, 9.17) is 8.94 Å². The lowest BCUT2D eigenvalue weighted by atomic mass is 9.79. The number of carbonyl (C=O) groups is 1. The molecule has 0 radical (unpaired) electrons. The monoisotopic (exact) mass is 525 g/mol. The van der Waals surface area contributed by atoms with Gasteiger partial charge in [0.2, 0.25) is 15.9 Å². The molecule has 12 heteroatoms. The van der Waals surface area contributed by atoms with Crippen LogP contribution in [0.25, 0.3) is 22.6 Å². The van der Waals surface area contributed by atoms with Crippen molar-refractivity contribution in [1.82, 2.24) is 23.9 Å². The largest absolute Gasteiger partial charge is 0.419 e. The molecule has 194 valence electrons. The van der Waals surface area contributed by atoms with Crippen molar-refractivity contribution in [1.29, 1.82) is 0 Å². The second-order valence-electron chi connectivity index (χ2n) is 9.55. The molecule has 0 bridgehead atoms. The van der Waals surface area contributed by atoms with Crippen LogP contribution in [0.3, 0.4) is 0 Å². The summed E-state index contributed by atoms with van der Waals surface area (Å²) in [6.07, 6.45) is 1.24. The lowest BCUT2D eigenvalue weighted by molar-refractivity contribution is -0.132. The van der Waals surface area contributed by atoms with Gasteiger partial charge in [0.25, 0.3) is 5.89 Å². The van der Waals surface area contributed by atoms with Crippen molar-refractivity contribution in [3.05, 3.63) is 64.9 Å². The van der Waals surface area contributed by atoms with E-state index in [-0.39, 0.29) is 28.3 Å². The van der Waals surface area contributed by atoms with Crippen LogP contribution >= 0.6 is 0 Å². The molecule has 0 saturated carbocycles. The smallest absolute Gasteiger partial charge is 0.408 e. The van der Waals surface area contributed by atoms with Gasteiger partial charge in [-0.1, -0.05) is 30.3 Å². The fourth-order valence-electron chi connectivity index (χ4n) is 4.47. The third-order valence-electron chi connectivity index (χ3n) is 7.04. The van der Waals surface area contributed by atoms with E-state index < -0.39 is 15.8 Å². The van der Waals surface area contributed by atoms with Gasteiger partial charge in [0.05, 0.1) is 17.0 Å². The third-order valence-corrected chi connectivity index (χ3v) is 8.84. The van der Waals surface area contributed by atoms with Crippen LogP contribution in [-0.2, 0) is 27.3 Å². The zero-order valence-corrected chi connectivity index (χ0v) is 21.6. The number of hydrogen-bond donors (Lipinski definition) is 0. The molecule has 1 fully saturated rings. The number of benzene rings is 2. The van der Waals surface area contributed by atoms with Crippen LogP contribution in [0.15, 0.2) is 67.2 Å². The summed E-state index contributed by atoms with van der Waals surface area (Å²) in [6, 6.07) is 13.7. The van der Waals surface area contributed by atoms with E-state index in [1.54, 1.807) is 4.90 Å². The minimum absolute atomic E-state index is 0.0535. The van der Waals surface area contributed by atoms with E-state index in [1.165, 1.54) is 36.9 Å². The SMILES string of the molecule is CN(CC(=O)N1CCC(C)(c2noc(-c3ccccc3)n2)CC1)S(=O)(=O)c1ccc2c(c1)oc(=O)n2C. The van der Waals surface area contributed by atoms with Gasteiger partial charge in [-0.25, -0.2) is 13.2 Å². The molecule has 37 heavy (non-hydrogen) atoms. The summed E-state index contributed by atoms with van der Waals surface area (Å²) < 4.78 is 39.1. The van der Waals surface area contributed by atoms with E-state index in [1.807, 2.05) is 37.3 Å². The summed E-state index contributed by atoms with van der Waals surface area (Å²) in [5.74, 6) is 0.178. The number of nitrogens with zero attached hydrogens (tertiary/aromatic N) is 5. The molecule has 4 aromatic rings. The molecule has 1 aliphatic rings. The Morgan fingerprint density at radius 3 is 2.54 bits per heavy atom. The maximum atomic E-state index is 13.1. The summed E-state index contributed by atoms with van der Waals surface area (Å²) in [7, 11) is -1.08. The molecule has 2 aromatic heterocycles. The van der Waals surface area contributed by atoms with Crippen molar-refractivity contribution in [2.75, 3.05) is 26.7 Å². The van der Waals surface area contributed by atoms with Crippen molar-refractivity contribution < 1.29 is 22.2 Å². The molecule has 5 rings (SSSR count). The molecule has 1 aliphatic heterocycles. The van der Waals surface area contributed by atoms with E-state index in [0.29, 0.717) is 43.2 Å². The maximum Gasteiger partial charge on any atom is 0.419 e. The van der Waals surface area contributed by atoms with Crippen LogP contribution in [0.4, 0.5) is 0 Å². The number of hydrogen-bond acceptors (Lipinski definition) is 8. The number of aryl methyl sites for hydroxylation is 1. The summed E-state index contributed by atoms with van der Waals surface area (Å²) >= 11 is 0. The van der Waals surface area contributed by atoms with Crippen LogP contribution in [0.1, 0.15) is 25.6 Å². The van der Waals surface area contributed by atoms with Crippen LogP contribution in [-0.4, -0.2) is 64.9 Å². The molecule has 2 aromatic carbocycles. The number of aromatic nitrogens is 3. The molecule has 1 saturated heterocycles. The van der Waals surface area contributed by atoms with Crippen molar-refractivity contribution in [3.8, 4) is 11.5 Å². The molecule has 11 nitrogen and oxygen atoms in total. The summed E-state index contributed by atoms with van der Waals surface area (Å²) in [5, 5.41) is 4.19. The summed E-state index contributed by atoms with van der Waals surface area (Å²) in [6.45, 7) is 2.62. The predicted octanol–water partition coefficient (Wildman–Crippen LogP) is 2.38. The number of fused-ring (bicyclic) bond motifs is 1. The normalized spacial score (nSPS) is 15.9. The Labute approximate surface area is 213 Å². The first-order chi connectivity index (χ1) is 17.6. The van der Waals surface area contributed by atoms with Crippen LogP contribution in [0, 0.1) is 0 Å². The van der Waals surface area contributed by atoms with E-state index in [0.717, 1.165) is 9.87 Å². The fraction of sp³-hybridized carbons (Fsp3) is 0.360. The van der Waals surface area contributed by atoms with Gasteiger partial charge in [0.1, 0.15) is 0 Å². The number of likely N-dealkylation sites (tertiary alicyclic amines) is 1. The number of rotatable bonds is 6. The number of likely N-dealkylation sites (N-methyl/N-ethyl adjacent to an activating group) is 1. The number of sulfonamides is 1. The first-order valence-corrected chi connectivity index (χ1v) is 13.3. The molecule has 0 N–H and O–H groups in total. The van der Waals surface area contributed by atoms with Gasteiger partial charge in [0, 0.05) is 44.2 Å². The first kappa shape index (κ1) is 24.9. The highest BCUT2D eigenvalue weighted by Gasteiger charge is 2.38. The number of oxazole rings is 1. The maximum absolute atomic E-state index is 13.1. The standard InChI is InChI=1S/C25H27N5O6S/c1-25(23-26-22(36-27-23)17-7-5-4-6-8-17)11-13-30(14-12-25)21(31)16-28(2)37(33,34)18-9-10-19-20(15-18)35-24(32)29(19)3/h4-10,15H,11-14,16H2,1-3H3. The van der Waals surface area contributed by atoms with E-state index in [9.17, 15) is 18.0 Å². The molecule has 1 amide bonds. The van der Waals surface area contributed by atoms with E-state index in [2.05, 4.69) is 10.1 Å². The molecular formula is C25H27N5O6S. The molecule has 0 unspecified atom stereocenters. The van der Waals surface area contributed by atoms with Gasteiger partial charge in [-0.2, -0.15) is 9.29 Å². The Kier molecular flexibility index (Phi) is 6.24. The van der Waals surface area contributed by atoms with E-state index >= 15 is 0 Å². The molecule has 0 atom stereocenters. The topological polar surface area (TPSA) is 132 Å². The second-order valence-corrected chi connectivity index (χ2v) is 11.6. The first-order valence-electron chi connectivity index (χ1n) is 11.8. The Hall–Kier alpha value is -3.77. The third kappa shape index (κ3) is 4.58. The minimum atomic E-state index is -3.98. The number of piperidine rings is 1. The molecule has 3 heterocycles. The number of carbonyl (C=O) groups excluding carboxylic acids is 1.